The molecule has 2 saturated heterocycles. The molecule has 2 aliphatic rings. The van der Waals surface area contributed by atoms with E-state index in [9.17, 15) is 0 Å². The van der Waals surface area contributed by atoms with Gasteiger partial charge in [0.15, 0.2) is 0 Å². The van der Waals surface area contributed by atoms with Crippen molar-refractivity contribution in [1.29, 1.82) is 0 Å². The van der Waals surface area contributed by atoms with E-state index in [1.54, 1.807) is 0 Å². The molecule has 16 heavy (non-hydrogen) atoms. The molecule has 0 atom stereocenters. The van der Waals surface area contributed by atoms with Crippen molar-refractivity contribution in [2.45, 2.75) is 12.3 Å². The molecule has 0 aliphatic carbocycles. The molecule has 0 radical (unpaired) electrons. The first-order valence-electron chi connectivity index (χ1n) is 5.97. The maximum atomic E-state index is 3.42. The van der Waals surface area contributed by atoms with Gasteiger partial charge in [-0.2, -0.15) is 0 Å². The monoisotopic (exact) mass is 218 g/mol. The molecule has 0 unspecified atom stereocenters. The van der Waals surface area contributed by atoms with Crippen LogP contribution in [0, 0.1) is 0 Å². The SMILES string of the molecule is c1cc(C2NCCN2)ccc1C1NCCN1. The molecule has 3 rings (SSSR count). The van der Waals surface area contributed by atoms with Gasteiger partial charge >= 0.3 is 0 Å². The molecule has 0 amide bonds. The predicted molar refractivity (Wildman–Crippen MR) is 63.9 cm³/mol. The fourth-order valence-electron chi connectivity index (χ4n) is 2.36. The van der Waals surface area contributed by atoms with Crippen molar-refractivity contribution in [2.24, 2.45) is 0 Å². The second-order valence-electron chi connectivity index (χ2n) is 4.35. The highest BCUT2D eigenvalue weighted by molar-refractivity contribution is 5.27. The Kier molecular flexibility index (Phi) is 2.88. The Labute approximate surface area is 95.8 Å². The van der Waals surface area contributed by atoms with Gasteiger partial charge in [-0.3, -0.25) is 21.3 Å². The Bertz CT molecular complexity index is 302. The highest BCUT2D eigenvalue weighted by Crippen LogP contribution is 2.17. The molecule has 2 fully saturated rings. The molecule has 0 saturated carbocycles. The lowest BCUT2D eigenvalue weighted by molar-refractivity contribution is 0.578. The lowest BCUT2D eigenvalue weighted by Crippen LogP contribution is -2.23. The Hall–Kier alpha value is -0.940. The summed E-state index contributed by atoms with van der Waals surface area (Å²) in [6.45, 7) is 4.21. The van der Waals surface area contributed by atoms with Crippen LogP contribution in [-0.4, -0.2) is 26.2 Å². The van der Waals surface area contributed by atoms with Crippen LogP contribution < -0.4 is 21.3 Å². The van der Waals surface area contributed by atoms with Gasteiger partial charge in [0.2, 0.25) is 0 Å². The number of rotatable bonds is 2. The van der Waals surface area contributed by atoms with Crippen molar-refractivity contribution in [3.8, 4) is 0 Å². The first-order valence-corrected chi connectivity index (χ1v) is 5.97. The number of benzene rings is 1. The zero-order chi connectivity index (χ0) is 10.8. The quantitative estimate of drug-likeness (QED) is 0.567. The smallest absolute Gasteiger partial charge is 0.0836 e. The van der Waals surface area contributed by atoms with Gasteiger partial charge in [-0.15, -0.1) is 0 Å². The van der Waals surface area contributed by atoms with E-state index in [-0.39, 0.29) is 0 Å². The zero-order valence-electron chi connectivity index (χ0n) is 9.29. The molecular weight excluding hydrogens is 200 g/mol. The Morgan fingerprint density at radius 1 is 0.625 bits per heavy atom. The highest BCUT2D eigenvalue weighted by Gasteiger charge is 2.17. The van der Waals surface area contributed by atoms with Gasteiger partial charge in [-0.25, -0.2) is 0 Å². The van der Waals surface area contributed by atoms with Crippen LogP contribution in [-0.2, 0) is 0 Å². The summed E-state index contributed by atoms with van der Waals surface area (Å²) >= 11 is 0. The molecular formula is C12H18N4. The number of hydrogen-bond donors (Lipinski definition) is 4. The van der Waals surface area contributed by atoms with Gasteiger partial charge in [0.25, 0.3) is 0 Å². The summed E-state index contributed by atoms with van der Waals surface area (Å²) in [6, 6.07) is 8.81. The highest BCUT2D eigenvalue weighted by atomic mass is 15.2. The first-order chi connectivity index (χ1) is 7.93. The summed E-state index contributed by atoms with van der Waals surface area (Å²) in [4.78, 5) is 0. The van der Waals surface area contributed by atoms with Crippen LogP contribution in [0.5, 0.6) is 0 Å². The van der Waals surface area contributed by atoms with E-state index in [0.29, 0.717) is 12.3 Å². The minimum atomic E-state index is 0.332. The molecule has 1 aromatic carbocycles. The number of hydrogen-bond acceptors (Lipinski definition) is 4. The molecule has 1 aromatic rings. The third kappa shape index (κ3) is 1.97. The molecule has 86 valence electrons. The van der Waals surface area contributed by atoms with E-state index in [0.717, 1.165) is 26.2 Å². The summed E-state index contributed by atoms with van der Waals surface area (Å²) in [6.07, 6.45) is 0.664. The van der Waals surface area contributed by atoms with E-state index in [2.05, 4.69) is 45.5 Å². The van der Waals surface area contributed by atoms with Crippen molar-refractivity contribution < 1.29 is 0 Å². The molecule has 4 nitrogen and oxygen atoms in total. The van der Waals surface area contributed by atoms with Gasteiger partial charge in [0, 0.05) is 26.2 Å². The van der Waals surface area contributed by atoms with Gasteiger partial charge in [0.05, 0.1) is 12.3 Å². The summed E-state index contributed by atoms with van der Waals surface area (Å²) in [5, 5.41) is 13.7. The molecule has 4 N–H and O–H groups in total. The average Bonchev–Trinajstić information content (AvgIpc) is 3.03. The van der Waals surface area contributed by atoms with Crippen molar-refractivity contribution in [2.75, 3.05) is 26.2 Å². The topological polar surface area (TPSA) is 48.1 Å². The third-order valence-electron chi connectivity index (χ3n) is 3.25. The van der Waals surface area contributed by atoms with Gasteiger partial charge in [-0.1, -0.05) is 24.3 Å². The third-order valence-corrected chi connectivity index (χ3v) is 3.25. The van der Waals surface area contributed by atoms with Crippen molar-refractivity contribution >= 4 is 0 Å². The molecule has 0 spiro atoms. The van der Waals surface area contributed by atoms with E-state index in [1.165, 1.54) is 11.1 Å². The molecule has 2 aliphatic heterocycles. The maximum absolute atomic E-state index is 3.42. The lowest BCUT2D eigenvalue weighted by Gasteiger charge is -2.14. The molecule has 0 aromatic heterocycles. The minimum absolute atomic E-state index is 0.332. The molecule has 2 heterocycles. The summed E-state index contributed by atoms with van der Waals surface area (Å²) < 4.78 is 0. The molecule has 0 bridgehead atoms. The fraction of sp³-hybridized carbons (Fsp3) is 0.500. The standard InChI is InChI=1S/C12H18N4/c1-2-10(12-15-7-8-16-12)4-3-9(1)11-13-5-6-14-11/h1-4,11-16H,5-8H2. The van der Waals surface area contributed by atoms with Gasteiger partial charge in [-0.05, 0) is 11.1 Å². The van der Waals surface area contributed by atoms with E-state index in [4.69, 9.17) is 0 Å². The van der Waals surface area contributed by atoms with Crippen LogP contribution in [0.15, 0.2) is 24.3 Å². The minimum Gasteiger partial charge on any atom is -0.297 e. The van der Waals surface area contributed by atoms with Crippen LogP contribution in [0.1, 0.15) is 23.5 Å². The van der Waals surface area contributed by atoms with Crippen LogP contribution in [0.2, 0.25) is 0 Å². The Morgan fingerprint density at radius 3 is 1.25 bits per heavy atom. The summed E-state index contributed by atoms with van der Waals surface area (Å²) in [5.74, 6) is 0. The zero-order valence-corrected chi connectivity index (χ0v) is 9.29. The number of nitrogens with one attached hydrogen (secondary N) is 4. The normalized spacial score (nSPS) is 23.0. The van der Waals surface area contributed by atoms with Crippen LogP contribution >= 0.6 is 0 Å². The largest absolute Gasteiger partial charge is 0.297 e. The van der Waals surface area contributed by atoms with E-state index in [1.807, 2.05) is 0 Å². The van der Waals surface area contributed by atoms with Gasteiger partial charge < -0.3 is 0 Å². The molecule has 4 heteroatoms. The van der Waals surface area contributed by atoms with Crippen LogP contribution in [0.4, 0.5) is 0 Å². The van der Waals surface area contributed by atoms with Crippen LogP contribution in [0.25, 0.3) is 0 Å². The predicted octanol–water partition coefficient (Wildman–Crippen LogP) is 0.0694. The van der Waals surface area contributed by atoms with Crippen molar-refractivity contribution in [3.05, 3.63) is 35.4 Å². The Balaban J connectivity index is 1.73. The maximum Gasteiger partial charge on any atom is 0.0836 e. The first kappa shape index (κ1) is 10.2. The summed E-state index contributed by atoms with van der Waals surface area (Å²) in [7, 11) is 0. The Morgan fingerprint density at radius 2 is 0.938 bits per heavy atom. The van der Waals surface area contributed by atoms with Gasteiger partial charge in [0.1, 0.15) is 0 Å². The second-order valence-corrected chi connectivity index (χ2v) is 4.35. The average molecular weight is 218 g/mol. The van der Waals surface area contributed by atoms with Crippen LogP contribution in [0.3, 0.4) is 0 Å². The van der Waals surface area contributed by atoms with E-state index < -0.39 is 0 Å². The van der Waals surface area contributed by atoms with Crippen molar-refractivity contribution in [1.82, 2.24) is 21.3 Å². The van der Waals surface area contributed by atoms with Crippen molar-refractivity contribution in [3.63, 3.8) is 0 Å². The van der Waals surface area contributed by atoms with E-state index >= 15 is 0 Å². The summed E-state index contributed by atoms with van der Waals surface area (Å²) in [5.41, 5.74) is 2.64. The lowest BCUT2D eigenvalue weighted by atomic mass is 10.1. The fourth-order valence-corrected chi connectivity index (χ4v) is 2.36. The second kappa shape index (κ2) is 4.51.